The minimum absolute atomic E-state index is 0.0937. The lowest BCUT2D eigenvalue weighted by atomic mass is 10.1. The minimum Gasteiger partial charge on any atom is -0.314 e. The van der Waals surface area contributed by atoms with Gasteiger partial charge in [-0.15, -0.1) is 0 Å². The van der Waals surface area contributed by atoms with Gasteiger partial charge in [0, 0.05) is 6.04 Å². The fraction of sp³-hybridized carbons (Fsp3) is 0.538. The van der Waals surface area contributed by atoms with Gasteiger partial charge in [-0.2, -0.15) is 0 Å². The van der Waals surface area contributed by atoms with E-state index in [9.17, 15) is 4.39 Å². The third kappa shape index (κ3) is 4.00. The molecular weight excluding hydrogens is 189 g/mol. The lowest BCUT2D eigenvalue weighted by Gasteiger charge is -2.14. The second kappa shape index (κ2) is 6.57. The summed E-state index contributed by atoms with van der Waals surface area (Å²) in [7, 11) is 0. The summed E-state index contributed by atoms with van der Waals surface area (Å²) >= 11 is 0. The van der Waals surface area contributed by atoms with E-state index in [0.717, 1.165) is 31.4 Å². The van der Waals surface area contributed by atoms with Crippen molar-refractivity contribution < 1.29 is 4.39 Å². The zero-order valence-electron chi connectivity index (χ0n) is 9.59. The molecule has 0 saturated carbocycles. The van der Waals surface area contributed by atoms with E-state index in [0.29, 0.717) is 6.04 Å². The number of rotatable bonds is 6. The highest BCUT2D eigenvalue weighted by atomic mass is 19.1. The van der Waals surface area contributed by atoms with Crippen LogP contribution in [0.2, 0.25) is 0 Å². The zero-order valence-corrected chi connectivity index (χ0v) is 9.59. The number of hydrogen-bond donors (Lipinski definition) is 1. The van der Waals surface area contributed by atoms with E-state index in [1.165, 1.54) is 6.07 Å². The molecule has 1 N–H and O–H groups in total. The number of benzene rings is 1. The molecule has 84 valence electrons. The van der Waals surface area contributed by atoms with Gasteiger partial charge in [0.25, 0.3) is 0 Å². The first-order valence-corrected chi connectivity index (χ1v) is 5.74. The molecule has 1 aromatic rings. The predicted molar refractivity (Wildman–Crippen MR) is 62.5 cm³/mol. The Hall–Kier alpha value is -0.890. The van der Waals surface area contributed by atoms with Crippen molar-refractivity contribution in [1.29, 1.82) is 0 Å². The van der Waals surface area contributed by atoms with E-state index in [4.69, 9.17) is 0 Å². The van der Waals surface area contributed by atoms with Gasteiger partial charge < -0.3 is 5.32 Å². The van der Waals surface area contributed by atoms with Crippen LogP contribution >= 0.6 is 0 Å². The highest BCUT2D eigenvalue weighted by Crippen LogP contribution is 2.06. The molecule has 0 aliphatic rings. The van der Waals surface area contributed by atoms with Gasteiger partial charge in [0.2, 0.25) is 0 Å². The van der Waals surface area contributed by atoms with Crippen LogP contribution < -0.4 is 5.32 Å². The normalized spacial score (nSPS) is 10.9. The van der Waals surface area contributed by atoms with Crippen LogP contribution in [-0.4, -0.2) is 12.6 Å². The van der Waals surface area contributed by atoms with Crippen molar-refractivity contribution in [2.24, 2.45) is 0 Å². The molecule has 0 aromatic heterocycles. The van der Waals surface area contributed by atoms with Crippen LogP contribution in [0, 0.1) is 5.82 Å². The topological polar surface area (TPSA) is 12.0 Å². The molecule has 1 rings (SSSR count). The van der Waals surface area contributed by atoms with E-state index in [2.05, 4.69) is 19.2 Å². The van der Waals surface area contributed by atoms with Crippen molar-refractivity contribution in [3.8, 4) is 0 Å². The molecule has 0 aliphatic carbocycles. The van der Waals surface area contributed by atoms with Crippen molar-refractivity contribution in [1.82, 2.24) is 5.32 Å². The molecule has 2 heteroatoms. The maximum atomic E-state index is 13.3. The Balaban J connectivity index is 2.34. The number of halogens is 1. The van der Waals surface area contributed by atoms with Crippen LogP contribution in [0.25, 0.3) is 0 Å². The van der Waals surface area contributed by atoms with Crippen LogP contribution in [0.1, 0.15) is 32.3 Å². The van der Waals surface area contributed by atoms with Crippen LogP contribution in [0.15, 0.2) is 24.3 Å². The van der Waals surface area contributed by atoms with Crippen LogP contribution in [0.5, 0.6) is 0 Å². The SMILES string of the molecule is CCC(CC)NCCc1ccccc1F. The van der Waals surface area contributed by atoms with Gasteiger partial charge in [0.15, 0.2) is 0 Å². The van der Waals surface area contributed by atoms with E-state index in [-0.39, 0.29) is 5.82 Å². The molecular formula is C13H20FN. The summed E-state index contributed by atoms with van der Waals surface area (Å²) in [6.07, 6.45) is 3.03. The lowest BCUT2D eigenvalue weighted by molar-refractivity contribution is 0.484. The second-order valence-corrected chi connectivity index (χ2v) is 3.81. The van der Waals surface area contributed by atoms with Crippen LogP contribution in [-0.2, 0) is 6.42 Å². The summed E-state index contributed by atoms with van der Waals surface area (Å²) in [6.45, 7) is 5.20. The van der Waals surface area contributed by atoms with E-state index in [1.807, 2.05) is 12.1 Å². The van der Waals surface area contributed by atoms with Gasteiger partial charge in [-0.05, 0) is 37.4 Å². The van der Waals surface area contributed by atoms with Crippen LogP contribution in [0.4, 0.5) is 4.39 Å². The summed E-state index contributed by atoms with van der Waals surface area (Å²) in [5.74, 6) is -0.0937. The van der Waals surface area contributed by atoms with Crippen molar-refractivity contribution in [3.05, 3.63) is 35.6 Å². The quantitative estimate of drug-likeness (QED) is 0.759. The highest BCUT2D eigenvalue weighted by molar-refractivity contribution is 5.17. The summed E-state index contributed by atoms with van der Waals surface area (Å²) in [6, 6.07) is 7.55. The summed E-state index contributed by atoms with van der Waals surface area (Å²) < 4.78 is 13.3. The maximum Gasteiger partial charge on any atom is 0.126 e. The second-order valence-electron chi connectivity index (χ2n) is 3.81. The third-order valence-corrected chi connectivity index (χ3v) is 2.77. The van der Waals surface area contributed by atoms with Gasteiger partial charge in [-0.1, -0.05) is 32.0 Å². The Morgan fingerprint density at radius 1 is 1.20 bits per heavy atom. The summed E-state index contributed by atoms with van der Waals surface area (Å²) in [5, 5.41) is 3.43. The van der Waals surface area contributed by atoms with Gasteiger partial charge in [-0.25, -0.2) is 4.39 Å². The van der Waals surface area contributed by atoms with E-state index in [1.54, 1.807) is 6.07 Å². The standard InChI is InChI=1S/C13H20FN/c1-3-12(4-2)15-10-9-11-7-5-6-8-13(11)14/h5-8,12,15H,3-4,9-10H2,1-2H3. The smallest absolute Gasteiger partial charge is 0.126 e. The van der Waals surface area contributed by atoms with Crippen molar-refractivity contribution in [3.63, 3.8) is 0 Å². The van der Waals surface area contributed by atoms with Gasteiger partial charge in [0.1, 0.15) is 5.82 Å². The maximum absolute atomic E-state index is 13.3. The molecule has 0 radical (unpaired) electrons. The Bertz CT molecular complexity index is 282. The summed E-state index contributed by atoms with van der Waals surface area (Å²) in [4.78, 5) is 0. The Morgan fingerprint density at radius 2 is 1.87 bits per heavy atom. The molecule has 0 atom stereocenters. The molecule has 0 saturated heterocycles. The lowest BCUT2D eigenvalue weighted by Crippen LogP contribution is -2.29. The van der Waals surface area contributed by atoms with Crippen LogP contribution in [0.3, 0.4) is 0 Å². The van der Waals surface area contributed by atoms with Gasteiger partial charge >= 0.3 is 0 Å². The average Bonchev–Trinajstić information content (AvgIpc) is 2.27. The summed E-state index contributed by atoms with van der Waals surface area (Å²) in [5.41, 5.74) is 0.802. The first kappa shape index (κ1) is 12.2. The predicted octanol–water partition coefficient (Wildman–Crippen LogP) is 3.15. The molecule has 0 spiro atoms. The van der Waals surface area contributed by atoms with Gasteiger partial charge in [0.05, 0.1) is 0 Å². The minimum atomic E-state index is -0.0937. The monoisotopic (exact) mass is 209 g/mol. The van der Waals surface area contributed by atoms with Crippen molar-refractivity contribution in [2.75, 3.05) is 6.54 Å². The largest absolute Gasteiger partial charge is 0.314 e. The molecule has 0 fully saturated rings. The van der Waals surface area contributed by atoms with Crippen molar-refractivity contribution >= 4 is 0 Å². The molecule has 1 aromatic carbocycles. The molecule has 0 heterocycles. The number of hydrogen-bond acceptors (Lipinski definition) is 1. The highest BCUT2D eigenvalue weighted by Gasteiger charge is 2.03. The molecule has 0 amide bonds. The third-order valence-electron chi connectivity index (χ3n) is 2.77. The Morgan fingerprint density at radius 3 is 2.47 bits per heavy atom. The Kier molecular flexibility index (Phi) is 5.33. The first-order chi connectivity index (χ1) is 7.27. The van der Waals surface area contributed by atoms with E-state index >= 15 is 0 Å². The van der Waals surface area contributed by atoms with Gasteiger partial charge in [-0.3, -0.25) is 0 Å². The van der Waals surface area contributed by atoms with E-state index < -0.39 is 0 Å². The molecule has 0 unspecified atom stereocenters. The Labute approximate surface area is 91.7 Å². The first-order valence-electron chi connectivity index (χ1n) is 5.74. The average molecular weight is 209 g/mol. The fourth-order valence-electron chi connectivity index (χ4n) is 1.69. The molecule has 1 nitrogen and oxygen atoms in total. The molecule has 0 aliphatic heterocycles. The molecule has 0 bridgehead atoms. The molecule has 15 heavy (non-hydrogen) atoms. The zero-order chi connectivity index (χ0) is 11.1. The van der Waals surface area contributed by atoms with Crippen molar-refractivity contribution in [2.45, 2.75) is 39.2 Å². The fourth-order valence-corrected chi connectivity index (χ4v) is 1.69. The number of nitrogens with one attached hydrogen (secondary N) is 1.